The number of halogens is 3. The summed E-state index contributed by atoms with van der Waals surface area (Å²) in [4.78, 5) is 11.6. The summed E-state index contributed by atoms with van der Waals surface area (Å²) in [5.41, 5.74) is -0.466. The molecule has 1 aliphatic heterocycles. The summed E-state index contributed by atoms with van der Waals surface area (Å²) in [6.45, 7) is 0.770. The van der Waals surface area contributed by atoms with E-state index in [0.29, 0.717) is 13.0 Å². The van der Waals surface area contributed by atoms with Gasteiger partial charge in [-0.15, -0.1) is 0 Å². The molecule has 0 bridgehead atoms. The Balaban J connectivity index is 2.15. The molecule has 6 heteroatoms. The van der Waals surface area contributed by atoms with E-state index in [1.54, 1.807) is 0 Å². The molecule has 1 fully saturated rings. The van der Waals surface area contributed by atoms with E-state index in [9.17, 15) is 13.6 Å². The summed E-state index contributed by atoms with van der Waals surface area (Å²) in [6.07, 6.45) is 0.558. The first-order valence-electron chi connectivity index (χ1n) is 5.11. The van der Waals surface area contributed by atoms with Gasteiger partial charge in [-0.05, 0) is 18.6 Å². The molecule has 1 amide bonds. The van der Waals surface area contributed by atoms with Crippen LogP contribution in [0.25, 0.3) is 0 Å². The van der Waals surface area contributed by atoms with Gasteiger partial charge in [0.2, 0.25) is 5.91 Å². The van der Waals surface area contributed by atoms with E-state index < -0.39 is 23.2 Å². The Bertz CT molecular complexity index is 424. The lowest BCUT2D eigenvalue weighted by Gasteiger charge is -2.11. The Kier molecular flexibility index (Phi) is 3.59. The minimum Gasteiger partial charge on any atom is -0.381 e. The predicted molar refractivity (Wildman–Crippen MR) is 58.9 cm³/mol. The predicted octanol–water partition coefficient (Wildman–Crippen LogP) is 2.59. The van der Waals surface area contributed by atoms with Gasteiger partial charge < -0.3 is 10.1 Å². The van der Waals surface area contributed by atoms with Crippen molar-refractivity contribution in [2.24, 2.45) is 5.92 Å². The minimum atomic E-state index is -0.887. The lowest BCUT2D eigenvalue weighted by Crippen LogP contribution is -2.24. The topological polar surface area (TPSA) is 38.3 Å². The molecule has 1 saturated heterocycles. The Morgan fingerprint density at radius 1 is 1.41 bits per heavy atom. The van der Waals surface area contributed by atoms with Crippen molar-refractivity contribution in [2.45, 2.75) is 6.42 Å². The zero-order valence-electron chi connectivity index (χ0n) is 8.80. The maximum Gasteiger partial charge on any atom is 0.230 e. The number of benzene rings is 1. The number of rotatable bonds is 2. The van der Waals surface area contributed by atoms with Gasteiger partial charge in [-0.25, -0.2) is 8.78 Å². The van der Waals surface area contributed by atoms with Crippen LogP contribution in [0.15, 0.2) is 12.1 Å². The van der Waals surface area contributed by atoms with Gasteiger partial charge in [0, 0.05) is 11.6 Å². The highest BCUT2D eigenvalue weighted by Crippen LogP contribution is 2.24. The summed E-state index contributed by atoms with van der Waals surface area (Å²) in [6, 6.07) is 1.90. The van der Waals surface area contributed by atoms with Crippen molar-refractivity contribution in [3.05, 3.63) is 28.8 Å². The van der Waals surface area contributed by atoms with Crippen LogP contribution in [-0.2, 0) is 9.53 Å². The summed E-state index contributed by atoms with van der Waals surface area (Å²) in [5, 5.41) is 2.17. The maximum absolute atomic E-state index is 13.4. The molecule has 1 N–H and O–H groups in total. The van der Waals surface area contributed by atoms with E-state index in [4.69, 9.17) is 16.3 Å². The van der Waals surface area contributed by atoms with E-state index in [2.05, 4.69) is 5.32 Å². The Hall–Kier alpha value is -1.20. The summed E-state index contributed by atoms with van der Waals surface area (Å²) in [5.74, 6) is -2.57. The van der Waals surface area contributed by atoms with Crippen LogP contribution in [0.3, 0.4) is 0 Å². The van der Waals surface area contributed by atoms with Crippen molar-refractivity contribution >= 4 is 23.2 Å². The lowest BCUT2D eigenvalue weighted by atomic mass is 10.1. The molecule has 0 spiro atoms. The highest BCUT2D eigenvalue weighted by atomic mass is 35.5. The smallest absolute Gasteiger partial charge is 0.230 e. The summed E-state index contributed by atoms with van der Waals surface area (Å²) in [7, 11) is 0. The van der Waals surface area contributed by atoms with Crippen LogP contribution in [0.4, 0.5) is 14.5 Å². The molecule has 3 nitrogen and oxygen atoms in total. The Morgan fingerprint density at radius 3 is 2.59 bits per heavy atom. The maximum atomic E-state index is 13.4. The van der Waals surface area contributed by atoms with E-state index in [1.165, 1.54) is 0 Å². The number of hydrogen-bond acceptors (Lipinski definition) is 2. The molecule has 0 unspecified atom stereocenters. The molecule has 1 heterocycles. The number of ether oxygens (including phenoxy) is 1. The van der Waals surface area contributed by atoms with E-state index in [0.717, 1.165) is 12.1 Å². The molecule has 1 aromatic carbocycles. The molecular weight excluding hydrogens is 252 g/mol. The van der Waals surface area contributed by atoms with Gasteiger partial charge in [0.25, 0.3) is 0 Å². The molecule has 0 aromatic heterocycles. The lowest BCUT2D eigenvalue weighted by molar-refractivity contribution is -0.119. The molecular formula is C11H10ClF2NO2. The number of anilines is 1. The first kappa shape index (κ1) is 12.3. The van der Waals surface area contributed by atoms with Crippen LogP contribution in [0, 0.1) is 17.6 Å². The monoisotopic (exact) mass is 261 g/mol. The second-order valence-corrected chi connectivity index (χ2v) is 4.23. The highest BCUT2D eigenvalue weighted by molar-refractivity contribution is 6.30. The molecule has 0 saturated carbocycles. The molecule has 1 aromatic rings. The van der Waals surface area contributed by atoms with Crippen molar-refractivity contribution in [1.82, 2.24) is 0 Å². The molecule has 2 rings (SSSR count). The fourth-order valence-electron chi connectivity index (χ4n) is 1.63. The molecule has 92 valence electrons. The van der Waals surface area contributed by atoms with Crippen molar-refractivity contribution in [2.75, 3.05) is 18.5 Å². The summed E-state index contributed by atoms with van der Waals surface area (Å²) >= 11 is 5.47. The quantitative estimate of drug-likeness (QED) is 0.889. The van der Waals surface area contributed by atoms with Gasteiger partial charge in [0.1, 0.15) is 5.69 Å². The number of hydrogen-bond donors (Lipinski definition) is 1. The molecule has 0 aliphatic carbocycles. The summed E-state index contributed by atoms with van der Waals surface area (Å²) < 4.78 is 31.8. The van der Waals surface area contributed by atoms with Crippen LogP contribution in [0.2, 0.25) is 5.02 Å². The van der Waals surface area contributed by atoms with Gasteiger partial charge in [-0.2, -0.15) is 0 Å². The molecule has 0 radical (unpaired) electrons. The van der Waals surface area contributed by atoms with Crippen LogP contribution >= 0.6 is 11.6 Å². The van der Waals surface area contributed by atoms with Crippen molar-refractivity contribution in [1.29, 1.82) is 0 Å². The SMILES string of the molecule is O=C(Nc1c(F)cc(Cl)cc1F)[C@@H]1CCOC1. The van der Waals surface area contributed by atoms with Gasteiger partial charge in [-0.3, -0.25) is 4.79 Å². The van der Waals surface area contributed by atoms with Gasteiger partial charge in [0.15, 0.2) is 11.6 Å². The number of carbonyl (C=O) groups excluding carboxylic acids is 1. The van der Waals surface area contributed by atoms with E-state index in [1.807, 2.05) is 0 Å². The van der Waals surface area contributed by atoms with Crippen molar-refractivity contribution in [3.63, 3.8) is 0 Å². The first-order chi connectivity index (χ1) is 8.08. The number of amides is 1. The van der Waals surface area contributed by atoms with Crippen molar-refractivity contribution < 1.29 is 18.3 Å². The highest BCUT2D eigenvalue weighted by Gasteiger charge is 2.25. The third kappa shape index (κ3) is 2.73. The molecule has 1 atom stereocenters. The average Bonchev–Trinajstić information content (AvgIpc) is 2.76. The van der Waals surface area contributed by atoms with Crippen LogP contribution in [0.5, 0.6) is 0 Å². The average molecular weight is 262 g/mol. The fourth-order valence-corrected chi connectivity index (χ4v) is 1.82. The van der Waals surface area contributed by atoms with Crippen LogP contribution < -0.4 is 5.32 Å². The zero-order chi connectivity index (χ0) is 12.4. The Morgan fingerprint density at radius 2 is 2.06 bits per heavy atom. The van der Waals surface area contributed by atoms with Crippen LogP contribution in [0.1, 0.15) is 6.42 Å². The van der Waals surface area contributed by atoms with Gasteiger partial charge >= 0.3 is 0 Å². The largest absolute Gasteiger partial charge is 0.381 e. The van der Waals surface area contributed by atoms with E-state index in [-0.39, 0.29) is 17.5 Å². The molecule has 17 heavy (non-hydrogen) atoms. The fraction of sp³-hybridized carbons (Fsp3) is 0.364. The number of nitrogens with one attached hydrogen (secondary N) is 1. The van der Waals surface area contributed by atoms with Crippen molar-refractivity contribution in [3.8, 4) is 0 Å². The second kappa shape index (κ2) is 4.98. The minimum absolute atomic E-state index is 0.0535. The van der Waals surface area contributed by atoms with Crippen LogP contribution in [-0.4, -0.2) is 19.1 Å². The normalized spacial score (nSPS) is 19.4. The molecule has 1 aliphatic rings. The van der Waals surface area contributed by atoms with Gasteiger partial charge in [0.05, 0.1) is 12.5 Å². The zero-order valence-corrected chi connectivity index (χ0v) is 9.56. The Labute approximate surface area is 102 Å². The number of carbonyl (C=O) groups is 1. The van der Waals surface area contributed by atoms with E-state index >= 15 is 0 Å². The second-order valence-electron chi connectivity index (χ2n) is 3.79. The first-order valence-corrected chi connectivity index (χ1v) is 5.49. The standard InChI is InChI=1S/C11H10ClF2NO2/c12-7-3-8(13)10(9(14)4-7)15-11(16)6-1-2-17-5-6/h3-4,6H,1-2,5H2,(H,15,16)/t6-/m1/s1. The third-order valence-electron chi connectivity index (χ3n) is 2.56. The third-order valence-corrected chi connectivity index (χ3v) is 2.77. The van der Waals surface area contributed by atoms with Gasteiger partial charge in [-0.1, -0.05) is 11.6 Å².